The Bertz CT molecular complexity index is 674. The van der Waals surface area contributed by atoms with Gasteiger partial charge in [-0.25, -0.2) is 14.5 Å². The summed E-state index contributed by atoms with van der Waals surface area (Å²) in [6, 6.07) is -1.34. The molecule has 2 aliphatic heterocycles. The van der Waals surface area contributed by atoms with Crippen LogP contribution < -0.4 is 5.32 Å². The molecular formula is C20H32N4O5. The Hall–Kier alpha value is -2.32. The molecule has 0 aromatic heterocycles. The summed E-state index contributed by atoms with van der Waals surface area (Å²) < 4.78 is 5.28. The Morgan fingerprint density at radius 3 is 2.28 bits per heavy atom. The minimum absolute atomic E-state index is 0.261. The van der Waals surface area contributed by atoms with Gasteiger partial charge in [0.25, 0.3) is 5.91 Å². The van der Waals surface area contributed by atoms with Crippen LogP contribution in [0.15, 0.2) is 0 Å². The van der Waals surface area contributed by atoms with E-state index in [1.165, 1.54) is 0 Å². The maximum atomic E-state index is 13.0. The molecule has 9 heteroatoms. The van der Waals surface area contributed by atoms with Crippen LogP contribution in [0.4, 0.5) is 9.59 Å². The lowest BCUT2D eigenvalue weighted by molar-refractivity contribution is -0.142. The Labute approximate surface area is 171 Å². The summed E-state index contributed by atoms with van der Waals surface area (Å²) in [6.07, 6.45) is 3.32. The number of carbonyl (C=O) groups is 4. The highest BCUT2D eigenvalue weighted by Crippen LogP contribution is 2.36. The second kappa shape index (κ2) is 8.59. The minimum atomic E-state index is -0.859. The second-order valence-corrected chi connectivity index (χ2v) is 8.71. The molecule has 1 unspecified atom stereocenters. The molecule has 162 valence electrons. The zero-order chi connectivity index (χ0) is 21.2. The Kier molecular flexibility index (Phi) is 6.33. The number of ether oxygens (including phenoxy) is 1. The largest absolute Gasteiger partial charge is 0.449 e. The van der Waals surface area contributed by atoms with E-state index in [0.29, 0.717) is 52.0 Å². The van der Waals surface area contributed by atoms with Gasteiger partial charge in [-0.3, -0.25) is 9.59 Å². The third kappa shape index (κ3) is 4.33. The number of hydrogen-bond acceptors (Lipinski definition) is 5. The van der Waals surface area contributed by atoms with Crippen molar-refractivity contribution < 1.29 is 23.9 Å². The molecule has 1 N–H and O–H groups in total. The summed E-state index contributed by atoms with van der Waals surface area (Å²) in [4.78, 5) is 55.0. The fraction of sp³-hybridized carbons (Fsp3) is 0.800. The zero-order valence-corrected chi connectivity index (χ0v) is 17.6. The fourth-order valence-electron chi connectivity index (χ4n) is 4.33. The molecule has 1 saturated carbocycles. The van der Waals surface area contributed by atoms with E-state index in [4.69, 9.17) is 4.74 Å². The zero-order valence-electron chi connectivity index (χ0n) is 17.6. The Morgan fingerprint density at radius 1 is 1.00 bits per heavy atom. The molecule has 0 radical (unpaired) electrons. The molecule has 29 heavy (non-hydrogen) atoms. The molecule has 3 rings (SSSR count). The van der Waals surface area contributed by atoms with Crippen LogP contribution in [-0.2, 0) is 14.3 Å². The third-order valence-corrected chi connectivity index (χ3v) is 6.00. The molecule has 9 nitrogen and oxygen atoms in total. The average Bonchev–Trinajstić information content (AvgIpc) is 3.13. The van der Waals surface area contributed by atoms with Crippen LogP contribution in [0, 0.1) is 5.92 Å². The van der Waals surface area contributed by atoms with Crippen LogP contribution in [0.3, 0.4) is 0 Å². The molecule has 5 amide bonds. The van der Waals surface area contributed by atoms with Crippen molar-refractivity contribution in [1.29, 1.82) is 0 Å². The van der Waals surface area contributed by atoms with E-state index in [9.17, 15) is 19.2 Å². The van der Waals surface area contributed by atoms with Crippen LogP contribution in [0.2, 0.25) is 0 Å². The first kappa shape index (κ1) is 21.4. The highest BCUT2D eigenvalue weighted by Gasteiger charge is 2.54. The summed E-state index contributed by atoms with van der Waals surface area (Å²) in [6.45, 7) is 7.64. The predicted octanol–water partition coefficient (Wildman–Crippen LogP) is 1.57. The van der Waals surface area contributed by atoms with E-state index in [1.807, 2.05) is 13.8 Å². The summed E-state index contributed by atoms with van der Waals surface area (Å²) in [5.41, 5.74) is -0.818. The quantitative estimate of drug-likeness (QED) is 0.712. The van der Waals surface area contributed by atoms with Gasteiger partial charge in [0.05, 0.1) is 6.61 Å². The Balaban J connectivity index is 1.59. The van der Waals surface area contributed by atoms with E-state index in [0.717, 1.165) is 17.7 Å². The first-order valence-corrected chi connectivity index (χ1v) is 10.6. The number of hydrogen-bond donors (Lipinski definition) is 1. The van der Waals surface area contributed by atoms with Crippen LogP contribution in [0.25, 0.3) is 0 Å². The molecule has 2 heterocycles. The van der Waals surface area contributed by atoms with Crippen molar-refractivity contribution in [3.63, 3.8) is 0 Å². The predicted molar refractivity (Wildman–Crippen MR) is 105 cm³/mol. The van der Waals surface area contributed by atoms with E-state index >= 15 is 0 Å². The van der Waals surface area contributed by atoms with Crippen molar-refractivity contribution in [3.8, 4) is 0 Å². The lowest BCUT2D eigenvalue weighted by atomic mass is 9.97. The molecule has 1 atom stereocenters. The summed E-state index contributed by atoms with van der Waals surface area (Å²) in [7, 11) is 0. The van der Waals surface area contributed by atoms with Crippen LogP contribution >= 0.6 is 0 Å². The third-order valence-electron chi connectivity index (χ3n) is 6.00. The molecular weight excluding hydrogens is 376 g/mol. The van der Waals surface area contributed by atoms with Gasteiger partial charge in [-0.2, -0.15) is 0 Å². The molecule has 2 saturated heterocycles. The number of nitrogens with zero attached hydrogens (tertiary/aromatic N) is 3. The molecule has 1 spiro atoms. The maximum absolute atomic E-state index is 13.0. The summed E-state index contributed by atoms with van der Waals surface area (Å²) in [5.74, 6) is -0.285. The first-order chi connectivity index (χ1) is 13.7. The molecule has 0 bridgehead atoms. The van der Waals surface area contributed by atoms with Gasteiger partial charge in [0.15, 0.2) is 0 Å². The SMILES string of the molecule is CC(C)COC(=O)N1CCCN(C(=O)C(C)N2C(=O)NC3(CCCC3)C2=O)CC1. The number of carbonyl (C=O) groups excluding carboxylic acids is 4. The van der Waals surface area contributed by atoms with Gasteiger partial charge < -0.3 is 19.9 Å². The Morgan fingerprint density at radius 2 is 1.62 bits per heavy atom. The molecule has 3 fully saturated rings. The summed E-state index contributed by atoms with van der Waals surface area (Å²) >= 11 is 0. The lowest BCUT2D eigenvalue weighted by Crippen LogP contribution is -2.51. The van der Waals surface area contributed by atoms with Crippen LogP contribution in [0.1, 0.15) is 52.9 Å². The maximum Gasteiger partial charge on any atom is 0.409 e. The van der Waals surface area contributed by atoms with Gasteiger partial charge in [-0.1, -0.05) is 26.7 Å². The number of nitrogens with one attached hydrogen (secondary N) is 1. The van der Waals surface area contributed by atoms with Gasteiger partial charge in [0, 0.05) is 26.2 Å². The van der Waals surface area contributed by atoms with Gasteiger partial charge in [-0.05, 0) is 32.1 Å². The van der Waals surface area contributed by atoms with E-state index in [1.54, 1.807) is 16.7 Å². The number of urea groups is 1. The van der Waals surface area contributed by atoms with Crippen LogP contribution in [-0.4, -0.2) is 83.0 Å². The molecule has 0 aromatic rings. The second-order valence-electron chi connectivity index (χ2n) is 8.71. The van der Waals surface area contributed by atoms with Crippen molar-refractivity contribution in [2.24, 2.45) is 5.92 Å². The number of amides is 5. The molecule has 0 aromatic carbocycles. The van der Waals surface area contributed by atoms with Gasteiger partial charge in [0.1, 0.15) is 11.6 Å². The van der Waals surface area contributed by atoms with Crippen molar-refractivity contribution in [1.82, 2.24) is 20.0 Å². The lowest BCUT2D eigenvalue weighted by Gasteiger charge is -2.29. The normalized spacial score (nSPS) is 22.8. The number of imide groups is 1. The van der Waals surface area contributed by atoms with E-state index in [2.05, 4.69) is 5.32 Å². The van der Waals surface area contributed by atoms with Gasteiger partial charge in [-0.15, -0.1) is 0 Å². The van der Waals surface area contributed by atoms with Crippen molar-refractivity contribution in [3.05, 3.63) is 0 Å². The molecule has 1 aliphatic carbocycles. The van der Waals surface area contributed by atoms with Gasteiger partial charge >= 0.3 is 12.1 Å². The molecule has 3 aliphatic rings. The number of rotatable bonds is 4. The highest BCUT2D eigenvalue weighted by atomic mass is 16.6. The van der Waals surface area contributed by atoms with Gasteiger partial charge in [0.2, 0.25) is 5.91 Å². The smallest absolute Gasteiger partial charge is 0.409 e. The van der Waals surface area contributed by atoms with Crippen molar-refractivity contribution >= 4 is 23.9 Å². The van der Waals surface area contributed by atoms with E-state index in [-0.39, 0.29) is 23.8 Å². The van der Waals surface area contributed by atoms with Crippen molar-refractivity contribution in [2.45, 2.75) is 64.5 Å². The monoisotopic (exact) mass is 408 g/mol. The fourth-order valence-corrected chi connectivity index (χ4v) is 4.33. The highest BCUT2D eigenvalue weighted by molar-refractivity contribution is 6.10. The topological polar surface area (TPSA) is 99.3 Å². The minimum Gasteiger partial charge on any atom is -0.449 e. The first-order valence-electron chi connectivity index (χ1n) is 10.6. The average molecular weight is 408 g/mol. The van der Waals surface area contributed by atoms with Crippen LogP contribution in [0.5, 0.6) is 0 Å². The van der Waals surface area contributed by atoms with Crippen molar-refractivity contribution in [2.75, 3.05) is 32.8 Å². The summed E-state index contributed by atoms with van der Waals surface area (Å²) in [5, 5.41) is 2.82. The van der Waals surface area contributed by atoms with E-state index < -0.39 is 17.6 Å². The standard InChI is InChI=1S/C20H32N4O5/c1-14(2)13-29-19(28)23-10-6-9-22(11-12-23)16(25)15(3)24-17(26)20(21-18(24)27)7-4-5-8-20/h14-15H,4-13H2,1-3H3,(H,21,27).